The van der Waals surface area contributed by atoms with Crippen LogP contribution in [0, 0.1) is 11.8 Å². The lowest BCUT2D eigenvalue weighted by molar-refractivity contribution is 0.400. The summed E-state index contributed by atoms with van der Waals surface area (Å²) in [6, 6.07) is 0. The second kappa shape index (κ2) is 3.77. The van der Waals surface area contributed by atoms with Crippen LogP contribution in [-0.4, -0.2) is 6.54 Å². The molecule has 1 rings (SSSR count). The third-order valence-electron chi connectivity index (χ3n) is 2.59. The largest absolute Gasteiger partial charge is 0.330 e. The lowest BCUT2D eigenvalue weighted by atomic mass is 9.93. The molecule has 0 spiro atoms. The molecule has 1 fully saturated rings. The van der Waals surface area contributed by atoms with Crippen LogP contribution in [0.3, 0.4) is 0 Å². The number of nitrogens with two attached hydrogens (primary N) is 1. The maximum Gasteiger partial charge on any atom is -0.00461 e. The van der Waals surface area contributed by atoms with E-state index in [9.17, 15) is 0 Å². The predicted molar refractivity (Wildman–Crippen MR) is 44.7 cm³/mol. The number of allylic oxidation sites excluding steroid dienone is 1. The summed E-state index contributed by atoms with van der Waals surface area (Å²) in [5, 5.41) is 0. The van der Waals surface area contributed by atoms with Crippen molar-refractivity contribution in [3.05, 3.63) is 12.7 Å². The van der Waals surface area contributed by atoms with Gasteiger partial charge in [-0.2, -0.15) is 0 Å². The van der Waals surface area contributed by atoms with Gasteiger partial charge in [0.15, 0.2) is 0 Å². The Labute approximate surface area is 63.3 Å². The molecule has 0 amide bonds. The maximum absolute atomic E-state index is 5.62. The second-order valence-corrected chi connectivity index (χ2v) is 3.21. The van der Waals surface area contributed by atoms with E-state index in [1.165, 1.54) is 25.7 Å². The van der Waals surface area contributed by atoms with Crippen molar-refractivity contribution < 1.29 is 0 Å². The molecule has 2 N–H and O–H groups in total. The summed E-state index contributed by atoms with van der Waals surface area (Å²) in [5.74, 6) is 1.64. The lowest BCUT2D eigenvalue weighted by Crippen LogP contribution is -2.17. The molecule has 1 nitrogen and oxygen atoms in total. The van der Waals surface area contributed by atoms with Crippen molar-refractivity contribution in [2.24, 2.45) is 17.6 Å². The zero-order chi connectivity index (χ0) is 7.40. The van der Waals surface area contributed by atoms with Gasteiger partial charge in [0.2, 0.25) is 0 Å². The first kappa shape index (κ1) is 7.80. The van der Waals surface area contributed by atoms with Crippen LogP contribution in [0.2, 0.25) is 0 Å². The van der Waals surface area contributed by atoms with Crippen molar-refractivity contribution in [2.75, 3.05) is 6.54 Å². The fourth-order valence-electron chi connectivity index (χ4n) is 1.95. The summed E-state index contributed by atoms with van der Waals surface area (Å²) in [6.45, 7) is 4.63. The summed E-state index contributed by atoms with van der Waals surface area (Å²) in [5.41, 5.74) is 5.62. The Kier molecular flexibility index (Phi) is 2.94. The average Bonchev–Trinajstić information content (AvgIpc) is 2.36. The van der Waals surface area contributed by atoms with E-state index in [1.807, 2.05) is 6.08 Å². The summed E-state index contributed by atoms with van der Waals surface area (Å²) in [7, 11) is 0. The average molecular weight is 139 g/mol. The van der Waals surface area contributed by atoms with Crippen molar-refractivity contribution in [1.29, 1.82) is 0 Å². The predicted octanol–water partition coefficient (Wildman–Crippen LogP) is 1.94. The standard InChI is InChI=1S/C9H17N/c1-2-4-8-5-3-6-9(8)7-10/h2,8-9H,1,3-7,10H2. The van der Waals surface area contributed by atoms with Gasteiger partial charge < -0.3 is 5.73 Å². The van der Waals surface area contributed by atoms with Gasteiger partial charge in [0.05, 0.1) is 0 Å². The van der Waals surface area contributed by atoms with Gasteiger partial charge in [0, 0.05) is 0 Å². The van der Waals surface area contributed by atoms with Crippen molar-refractivity contribution in [3.8, 4) is 0 Å². The van der Waals surface area contributed by atoms with E-state index in [4.69, 9.17) is 5.73 Å². The van der Waals surface area contributed by atoms with Crippen LogP contribution >= 0.6 is 0 Å². The van der Waals surface area contributed by atoms with Crippen molar-refractivity contribution in [3.63, 3.8) is 0 Å². The molecule has 0 aromatic heterocycles. The Balaban J connectivity index is 2.34. The molecule has 1 aliphatic rings. The van der Waals surface area contributed by atoms with Gasteiger partial charge in [0.25, 0.3) is 0 Å². The number of hydrogen-bond donors (Lipinski definition) is 1. The molecule has 1 saturated carbocycles. The third-order valence-corrected chi connectivity index (χ3v) is 2.59. The zero-order valence-electron chi connectivity index (χ0n) is 6.55. The number of rotatable bonds is 3. The van der Waals surface area contributed by atoms with Gasteiger partial charge in [-0.1, -0.05) is 12.5 Å². The maximum atomic E-state index is 5.62. The molecule has 0 bridgehead atoms. The Morgan fingerprint density at radius 2 is 2.10 bits per heavy atom. The van der Waals surface area contributed by atoms with E-state index < -0.39 is 0 Å². The van der Waals surface area contributed by atoms with Gasteiger partial charge in [-0.3, -0.25) is 0 Å². The molecule has 10 heavy (non-hydrogen) atoms. The molecule has 58 valence electrons. The molecule has 0 radical (unpaired) electrons. The van der Waals surface area contributed by atoms with E-state index in [0.29, 0.717) is 0 Å². The fourth-order valence-corrected chi connectivity index (χ4v) is 1.95. The highest BCUT2D eigenvalue weighted by atomic mass is 14.6. The minimum Gasteiger partial charge on any atom is -0.330 e. The zero-order valence-corrected chi connectivity index (χ0v) is 6.55. The highest BCUT2D eigenvalue weighted by Crippen LogP contribution is 2.33. The minimum absolute atomic E-state index is 0.790. The summed E-state index contributed by atoms with van der Waals surface area (Å²) >= 11 is 0. The smallest absolute Gasteiger partial charge is 0.00461 e. The van der Waals surface area contributed by atoms with Gasteiger partial charge in [-0.15, -0.1) is 6.58 Å². The first-order chi connectivity index (χ1) is 4.88. The molecule has 2 atom stereocenters. The van der Waals surface area contributed by atoms with E-state index in [0.717, 1.165) is 18.4 Å². The lowest BCUT2D eigenvalue weighted by Gasteiger charge is -2.14. The Morgan fingerprint density at radius 3 is 2.70 bits per heavy atom. The van der Waals surface area contributed by atoms with Crippen LogP contribution in [-0.2, 0) is 0 Å². The summed E-state index contributed by atoms with van der Waals surface area (Å²) in [4.78, 5) is 0. The minimum atomic E-state index is 0.790. The molecule has 0 aromatic rings. The van der Waals surface area contributed by atoms with Crippen LogP contribution in [0.4, 0.5) is 0 Å². The molecule has 0 aliphatic heterocycles. The van der Waals surface area contributed by atoms with E-state index in [2.05, 4.69) is 6.58 Å². The van der Waals surface area contributed by atoms with Crippen molar-refractivity contribution in [2.45, 2.75) is 25.7 Å². The third kappa shape index (κ3) is 1.60. The normalized spacial score (nSPS) is 32.5. The van der Waals surface area contributed by atoms with Crippen LogP contribution in [0.15, 0.2) is 12.7 Å². The van der Waals surface area contributed by atoms with Crippen LogP contribution in [0.25, 0.3) is 0 Å². The van der Waals surface area contributed by atoms with Gasteiger partial charge in [-0.05, 0) is 37.6 Å². The Morgan fingerprint density at radius 1 is 1.40 bits per heavy atom. The van der Waals surface area contributed by atoms with Crippen molar-refractivity contribution in [1.82, 2.24) is 0 Å². The van der Waals surface area contributed by atoms with Crippen LogP contribution < -0.4 is 5.73 Å². The van der Waals surface area contributed by atoms with Gasteiger partial charge in [-0.25, -0.2) is 0 Å². The molecule has 1 heteroatoms. The molecule has 0 aromatic carbocycles. The SMILES string of the molecule is C=CCC1CCCC1CN. The van der Waals surface area contributed by atoms with Crippen LogP contribution in [0.5, 0.6) is 0 Å². The molecule has 0 saturated heterocycles. The van der Waals surface area contributed by atoms with Crippen LogP contribution in [0.1, 0.15) is 25.7 Å². The molecular formula is C9H17N. The fraction of sp³-hybridized carbons (Fsp3) is 0.778. The molecule has 0 heterocycles. The highest BCUT2D eigenvalue weighted by Gasteiger charge is 2.24. The van der Waals surface area contributed by atoms with Gasteiger partial charge in [0.1, 0.15) is 0 Å². The molecule has 2 unspecified atom stereocenters. The van der Waals surface area contributed by atoms with E-state index in [-0.39, 0.29) is 0 Å². The Bertz CT molecular complexity index is 109. The summed E-state index contributed by atoms with van der Waals surface area (Å²) in [6.07, 6.45) is 7.28. The van der Waals surface area contributed by atoms with E-state index >= 15 is 0 Å². The number of hydrogen-bond acceptors (Lipinski definition) is 1. The van der Waals surface area contributed by atoms with E-state index in [1.54, 1.807) is 0 Å². The first-order valence-corrected chi connectivity index (χ1v) is 4.19. The quantitative estimate of drug-likeness (QED) is 0.594. The van der Waals surface area contributed by atoms with Crippen molar-refractivity contribution >= 4 is 0 Å². The second-order valence-electron chi connectivity index (χ2n) is 3.21. The Hall–Kier alpha value is -0.300. The topological polar surface area (TPSA) is 26.0 Å². The molecular weight excluding hydrogens is 122 g/mol. The first-order valence-electron chi connectivity index (χ1n) is 4.19. The molecule has 1 aliphatic carbocycles. The van der Waals surface area contributed by atoms with Gasteiger partial charge >= 0.3 is 0 Å². The highest BCUT2D eigenvalue weighted by molar-refractivity contribution is 4.83. The monoisotopic (exact) mass is 139 g/mol. The summed E-state index contributed by atoms with van der Waals surface area (Å²) < 4.78 is 0.